The Balaban J connectivity index is 1.64. The van der Waals surface area contributed by atoms with E-state index in [-0.39, 0.29) is 11.8 Å². The number of ether oxygens (including phenoxy) is 1. The molecule has 1 aliphatic carbocycles. The van der Waals surface area contributed by atoms with Crippen LogP contribution in [-0.2, 0) is 16.1 Å². The second-order valence-corrected chi connectivity index (χ2v) is 5.62. The number of carbonyl (C=O) groups excluding carboxylic acids is 1. The van der Waals surface area contributed by atoms with Gasteiger partial charge in [-0.3, -0.25) is 4.79 Å². The van der Waals surface area contributed by atoms with Gasteiger partial charge in [0, 0.05) is 37.3 Å². The van der Waals surface area contributed by atoms with Gasteiger partial charge in [0.1, 0.15) is 5.82 Å². The van der Waals surface area contributed by atoms with E-state index >= 15 is 0 Å². The molecule has 20 heavy (non-hydrogen) atoms. The zero-order valence-electron chi connectivity index (χ0n) is 11.8. The molecule has 2 atom stereocenters. The van der Waals surface area contributed by atoms with Crippen LogP contribution in [0.1, 0.15) is 18.9 Å². The second-order valence-electron chi connectivity index (χ2n) is 5.62. The van der Waals surface area contributed by atoms with Crippen LogP contribution in [-0.4, -0.2) is 37.2 Å². The van der Waals surface area contributed by atoms with Gasteiger partial charge in [0.15, 0.2) is 0 Å². The average Bonchev–Trinajstić information content (AvgIpc) is 3.23. The standard InChI is InChI=1S/C15H21N3O2/c1-11-9-13(11)15(19)17-10-12-3-2-4-16-14(12)18-5-7-20-8-6-18/h2-4,11,13H,5-10H2,1H3,(H,17,19)/t11-,13-/m0/s1. The summed E-state index contributed by atoms with van der Waals surface area (Å²) in [7, 11) is 0. The zero-order valence-corrected chi connectivity index (χ0v) is 11.8. The molecule has 1 saturated carbocycles. The van der Waals surface area contributed by atoms with Crippen LogP contribution in [0.25, 0.3) is 0 Å². The smallest absolute Gasteiger partial charge is 0.223 e. The van der Waals surface area contributed by atoms with Crippen LogP contribution < -0.4 is 10.2 Å². The third-order valence-corrected chi connectivity index (χ3v) is 4.08. The van der Waals surface area contributed by atoms with Crippen molar-refractivity contribution in [2.45, 2.75) is 19.9 Å². The van der Waals surface area contributed by atoms with Gasteiger partial charge >= 0.3 is 0 Å². The average molecular weight is 275 g/mol. The van der Waals surface area contributed by atoms with Gasteiger partial charge in [0.05, 0.1) is 13.2 Å². The fourth-order valence-corrected chi connectivity index (χ4v) is 2.63. The molecule has 1 saturated heterocycles. The maximum absolute atomic E-state index is 11.9. The number of rotatable bonds is 4. The van der Waals surface area contributed by atoms with E-state index in [0.717, 1.165) is 44.1 Å². The van der Waals surface area contributed by atoms with Gasteiger partial charge in [-0.1, -0.05) is 13.0 Å². The van der Waals surface area contributed by atoms with E-state index < -0.39 is 0 Å². The van der Waals surface area contributed by atoms with Crippen LogP contribution in [0.4, 0.5) is 5.82 Å². The summed E-state index contributed by atoms with van der Waals surface area (Å²) in [5, 5.41) is 3.03. The van der Waals surface area contributed by atoms with Crippen molar-refractivity contribution < 1.29 is 9.53 Å². The number of hydrogen-bond acceptors (Lipinski definition) is 4. The summed E-state index contributed by atoms with van der Waals surface area (Å²) < 4.78 is 5.37. The minimum atomic E-state index is 0.175. The maximum atomic E-state index is 11.9. The van der Waals surface area contributed by atoms with E-state index in [1.807, 2.05) is 12.1 Å². The van der Waals surface area contributed by atoms with Crippen molar-refractivity contribution in [2.24, 2.45) is 11.8 Å². The summed E-state index contributed by atoms with van der Waals surface area (Å²) in [6, 6.07) is 3.96. The van der Waals surface area contributed by atoms with Crippen LogP contribution in [0.2, 0.25) is 0 Å². The van der Waals surface area contributed by atoms with Crippen molar-refractivity contribution in [3.05, 3.63) is 23.9 Å². The van der Waals surface area contributed by atoms with E-state index in [1.54, 1.807) is 6.20 Å². The predicted octanol–water partition coefficient (Wildman–Crippen LogP) is 1.19. The fraction of sp³-hybridized carbons (Fsp3) is 0.600. The molecule has 0 aromatic carbocycles. The molecule has 0 radical (unpaired) electrons. The highest BCUT2D eigenvalue weighted by Gasteiger charge is 2.38. The molecular weight excluding hydrogens is 254 g/mol. The maximum Gasteiger partial charge on any atom is 0.223 e. The van der Waals surface area contributed by atoms with Crippen LogP contribution in [0.5, 0.6) is 0 Å². The van der Waals surface area contributed by atoms with Gasteiger partial charge < -0.3 is 15.0 Å². The third-order valence-electron chi connectivity index (χ3n) is 4.08. The van der Waals surface area contributed by atoms with Crippen molar-refractivity contribution in [3.8, 4) is 0 Å². The molecule has 0 spiro atoms. The number of pyridine rings is 1. The van der Waals surface area contributed by atoms with Gasteiger partial charge in [0.2, 0.25) is 5.91 Å². The predicted molar refractivity (Wildman–Crippen MR) is 76.4 cm³/mol. The lowest BCUT2D eigenvalue weighted by Gasteiger charge is -2.29. The number of amides is 1. The van der Waals surface area contributed by atoms with Crippen molar-refractivity contribution in [1.82, 2.24) is 10.3 Å². The molecule has 0 bridgehead atoms. The third kappa shape index (κ3) is 2.93. The Morgan fingerprint density at radius 1 is 1.50 bits per heavy atom. The number of morpholine rings is 1. The number of hydrogen-bond donors (Lipinski definition) is 1. The van der Waals surface area contributed by atoms with Crippen LogP contribution in [0, 0.1) is 11.8 Å². The molecule has 1 aromatic rings. The van der Waals surface area contributed by atoms with Crippen molar-refractivity contribution in [2.75, 3.05) is 31.2 Å². The first-order valence-corrected chi connectivity index (χ1v) is 7.30. The summed E-state index contributed by atoms with van der Waals surface area (Å²) in [5.41, 5.74) is 1.08. The van der Waals surface area contributed by atoms with Crippen molar-refractivity contribution >= 4 is 11.7 Å². The number of carbonyl (C=O) groups is 1. The molecule has 1 N–H and O–H groups in total. The molecule has 0 unspecified atom stereocenters. The molecule has 2 heterocycles. The van der Waals surface area contributed by atoms with E-state index in [9.17, 15) is 4.79 Å². The number of nitrogens with zero attached hydrogens (tertiary/aromatic N) is 2. The Morgan fingerprint density at radius 2 is 2.25 bits per heavy atom. The lowest BCUT2D eigenvalue weighted by atomic mass is 10.2. The highest BCUT2D eigenvalue weighted by molar-refractivity contribution is 5.81. The van der Waals surface area contributed by atoms with Crippen LogP contribution in [0.3, 0.4) is 0 Å². The zero-order chi connectivity index (χ0) is 13.9. The fourth-order valence-electron chi connectivity index (χ4n) is 2.63. The Bertz CT molecular complexity index is 486. The summed E-state index contributed by atoms with van der Waals surface area (Å²) in [6.45, 7) is 5.87. The second kappa shape index (κ2) is 5.79. The van der Waals surface area contributed by atoms with Crippen molar-refractivity contribution in [1.29, 1.82) is 0 Å². The minimum Gasteiger partial charge on any atom is -0.378 e. The summed E-state index contributed by atoms with van der Waals surface area (Å²) in [5.74, 6) is 1.91. The molecule has 5 heteroatoms. The molecule has 2 fully saturated rings. The Morgan fingerprint density at radius 3 is 2.95 bits per heavy atom. The summed E-state index contributed by atoms with van der Waals surface area (Å²) in [4.78, 5) is 18.6. The van der Waals surface area contributed by atoms with Gasteiger partial charge in [-0.05, 0) is 18.4 Å². The molecule has 5 nitrogen and oxygen atoms in total. The lowest BCUT2D eigenvalue weighted by molar-refractivity contribution is -0.122. The Hall–Kier alpha value is -1.62. The van der Waals surface area contributed by atoms with E-state index in [2.05, 4.69) is 22.1 Å². The monoisotopic (exact) mass is 275 g/mol. The molecule has 1 amide bonds. The van der Waals surface area contributed by atoms with Gasteiger partial charge in [-0.15, -0.1) is 0 Å². The van der Waals surface area contributed by atoms with Crippen LogP contribution >= 0.6 is 0 Å². The number of nitrogens with one attached hydrogen (secondary N) is 1. The molecular formula is C15H21N3O2. The molecule has 2 aliphatic rings. The molecule has 108 valence electrons. The van der Waals surface area contributed by atoms with Gasteiger partial charge in [-0.25, -0.2) is 4.98 Å². The molecule has 1 aromatic heterocycles. The highest BCUT2D eigenvalue weighted by atomic mass is 16.5. The van der Waals surface area contributed by atoms with Crippen LogP contribution in [0.15, 0.2) is 18.3 Å². The van der Waals surface area contributed by atoms with E-state index in [0.29, 0.717) is 12.5 Å². The number of aromatic nitrogens is 1. The Labute approximate surface area is 119 Å². The summed E-state index contributed by atoms with van der Waals surface area (Å²) in [6.07, 6.45) is 2.83. The normalized spacial score (nSPS) is 25.4. The Kier molecular flexibility index (Phi) is 3.87. The molecule has 3 rings (SSSR count). The van der Waals surface area contributed by atoms with E-state index in [1.165, 1.54) is 0 Å². The van der Waals surface area contributed by atoms with Gasteiger partial charge in [-0.2, -0.15) is 0 Å². The van der Waals surface area contributed by atoms with E-state index in [4.69, 9.17) is 4.74 Å². The first-order valence-electron chi connectivity index (χ1n) is 7.30. The SMILES string of the molecule is C[C@H]1C[C@@H]1C(=O)NCc1cccnc1N1CCOCC1. The van der Waals surface area contributed by atoms with Gasteiger partial charge in [0.25, 0.3) is 0 Å². The minimum absolute atomic E-state index is 0.175. The quantitative estimate of drug-likeness (QED) is 0.897. The number of anilines is 1. The highest BCUT2D eigenvalue weighted by Crippen LogP contribution is 2.37. The van der Waals surface area contributed by atoms with Crippen molar-refractivity contribution in [3.63, 3.8) is 0 Å². The first-order chi connectivity index (χ1) is 9.75. The lowest BCUT2D eigenvalue weighted by Crippen LogP contribution is -2.38. The molecule has 1 aliphatic heterocycles. The first kappa shape index (κ1) is 13.4. The largest absolute Gasteiger partial charge is 0.378 e. The topological polar surface area (TPSA) is 54.5 Å². The summed E-state index contributed by atoms with van der Waals surface area (Å²) >= 11 is 0.